The van der Waals surface area contributed by atoms with Gasteiger partial charge in [-0.1, -0.05) is 30.0 Å². The maximum Gasteiger partial charge on any atom is 0.142 e. The Bertz CT molecular complexity index is 811. The van der Waals surface area contributed by atoms with Crippen LogP contribution in [0.2, 0.25) is 0 Å². The van der Waals surface area contributed by atoms with Gasteiger partial charge in [-0.05, 0) is 31.2 Å². The zero-order chi connectivity index (χ0) is 15.0. The van der Waals surface area contributed by atoms with Gasteiger partial charge in [0.25, 0.3) is 0 Å². The molecular formula is C16H12F2N2S. The number of pyridine rings is 1. The molecule has 0 unspecified atom stereocenters. The molecule has 5 heteroatoms. The van der Waals surface area contributed by atoms with E-state index in [-0.39, 0.29) is 10.6 Å². The molecule has 0 aliphatic heterocycles. The highest BCUT2D eigenvalue weighted by molar-refractivity contribution is 7.99. The number of nitrogen functional groups attached to an aromatic ring is 1. The van der Waals surface area contributed by atoms with Crippen LogP contribution >= 0.6 is 11.8 Å². The summed E-state index contributed by atoms with van der Waals surface area (Å²) in [4.78, 5) is 5.12. The quantitative estimate of drug-likeness (QED) is 0.706. The average Bonchev–Trinajstić information content (AvgIpc) is 2.42. The van der Waals surface area contributed by atoms with Crippen molar-refractivity contribution in [1.82, 2.24) is 4.98 Å². The van der Waals surface area contributed by atoms with Gasteiger partial charge in [0.1, 0.15) is 11.6 Å². The van der Waals surface area contributed by atoms with E-state index in [1.807, 2.05) is 37.3 Å². The number of benzene rings is 2. The molecule has 0 amide bonds. The summed E-state index contributed by atoms with van der Waals surface area (Å²) in [7, 11) is 0. The normalized spacial score (nSPS) is 11.0. The van der Waals surface area contributed by atoms with Crippen molar-refractivity contribution in [3.8, 4) is 0 Å². The summed E-state index contributed by atoms with van der Waals surface area (Å²) in [6, 6.07) is 11.6. The van der Waals surface area contributed by atoms with Crippen molar-refractivity contribution in [2.45, 2.75) is 16.7 Å². The van der Waals surface area contributed by atoms with Gasteiger partial charge in [-0.2, -0.15) is 0 Å². The summed E-state index contributed by atoms with van der Waals surface area (Å²) in [5.74, 6) is -1.31. The second kappa shape index (κ2) is 5.33. The lowest BCUT2D eigenvalue weighted by Crippen LogP contribution is -1.94. The molecule has 2 nitrogen and oxygen atoms in total. The average molecular weight is 302 g/mol. The molecule has 0 atom stereocenters. The molecule has 21 heavy (non-hydrogen) atoms. The Kier molecular flexibility index (Phi) is 3.51. The first-order valence-electron chi connectivity index (χ1n) is 6.33. The van der Waals surface area contributed by atoms with Crippen LogP contribution in [-0.2, 0) is 0 Å². The minimum Gasteiger partial charge on any atom is -0.399 e. The number of fused-ring (bicyclic) bond motifs is 1. The summed E-state index contributed by atoms with van der Waals surface area (Å²) >= 11 is 1.05. The predicted molar refractivity (Wildman–Crippen MR) is 81.4 cm³/mol. The molecule has 2 N–H and O–H groups in total. The zero-order valence-corrected chi connectivity index (χ0v) is 12.0. The van der Waals surface area contributed by atoms with Crippen LogP contribution in [0.1, 0.15) is 5.69 Å². The van der Waals surface area contributed by atoms with E-state index < -0.39 is 11.6 Å². The van der Waals surface area contributed by atoms with Crippen molar-refractivity contribution < 1.29 is 8.78 Å². The van der Waals surface area contributed by atoms with Gasteiger partial charge in [0.05, 0.1) is 10.4 Å². The SMILES string of the molecule is Cc1cc(Sc2c(F)cc(N)cc2F)c2ccccc2n1. The second-order valence-corrected chi connectivity index (χ2v) is 5.75. The summed E-state index contributed by atoms with van der Waals surface area (Å²) in [6.45, 7) is 1.85. The molecule has 1 aromatic heterocycles. The zero-order valence-electron chi connectivity index (χ0n) is 11.2. The van der Waals surface area contributed by atoms with Crippen molar-refractivity contribution in [1.29, 1.82) is 0 Å². The third-order valence-electron chi connectivity index (χ3n) is 3.04. The fraction of sp³-hybridized carbons (Fsp3) is 0.0625. The summed E-state index contributed by atoms with van der Waals surface area (Å²) in [6.07, 6.45) is 0. The van der Waals surface area contributed by atoms with Gasteiger partial charge in [-0.3, -0.25) is 4.98 Å². The molecule has 0 spiro atoms. The minimum atomic E-state index is -0.656. The lowest BCUT2D eigenvalue weighted by atomic mass is 10.2. The van der Waals surface area contributed by atoms with E-state index in [9.17, 15) is 8.78 Å². The third kappa shape index (κ3) is 2.69. The van der Waals surface area contributed by atoms with E-state index >= 15 is 0 Å². The topological polar surface area (TPSA) is 38.9 Å². The van der Waals surface area contributed by atoms with E-state index in [0.717, 1.165) is 45.4 Å². The minimum absolute atomic E-state index is 0.0556. The second-order valence-electron chi connectivity index (χ2n) is 4.69. The van der Waals surface area contributed by atoms with Gasteiger partial charge in [-0.25, -0.2) is 8.78 Å². The molecule has 0 radical (unpaired) electrons. The van der Waals surface area contributed by atoms with Crippen LogP contribution in [0.4, 0.5) is 14.5 Å². The molecule has 0 aliphatic rings. The Labute approximate surface area is 125 Å². The molecule has 3 rings (SSSR count). The number of aryl methyl sites for hydroxylation is 1. The number of anilines is 1. The van der Waals surface area contributed by atoms with Crippen LogP contribution in [-0.4, -0.2) is 4.98 Å². The monoisotopic (exact) mass is 302 g/mol. The van der Waals surface area contributed by atoms with Crippen LogP contribution in [0.3, 0.4) is 0 Å². The number of nitrogens with zero attached hydrogens (tertiary/aromatic N) is 1. The summed E-state index contributed by atoms with van der Waals surface area (Å²) < 4.78 is 27.9. The Morgan fingerprint density at radius 1 is 1.05 bits per heavy atom. The first-order valence-corrected chi connectivity index (χ1v) is 7.15. The predicted octanol–water partition coefficient (Wildman–Crippen LogP) is 4.55. The van der Waals surface area contributed by atoms with E-state index in [4.69, 9.17) is 5.73 Å². The number of rotatable bonds is 2. The molecule has 0 fully saturated rings. The Balaban J connectivity index is 2.15. The van der Waals surface area contributed by atoms with Crippen LogP contribution in [0.25, 0.3) is 10.9 Å². The van der Waals surface area contributed by atoms with Gasteiger partial charge in [0, 0.05) is 21.7 Å². The molecule has 2 aromatic carbocycles. The van der Waals surface area contributed by atoms with Crippen molar-refractivity contribution in [2.24, 2.45) is 0 Å². The van der Waals surface area contributed by atoms with Gasteiger partial charge in [0.15, 0.2) is 0 Å². The number of hydrogen-bond donors (Lipinski definition) is 1. The maximum atomic E-state index is 13.9. The Morgan fingerprint density at radius 3 is 2.43 bits per heavy atom. The number of para-hydroxylation sites is 1. The van der Waals surface area contributed by atoms with Gasteiger partial charge in [-0.15, -0.1) is 0 Å². The number of nitrogens with two attached hydrogens (primary N) is 1. The summed E-state index contributed by atoms with van der Waals surface area (Å²) in [5, 5.41) is 0.865. The van der Waals surface area contributed by atoms with Crippen LogP contribution in [0, 0.1) is 18.6 Å². The fourth-order valence-corrected chi connectivity index (χ4v) is 3.19. The molecule has 0 bridgehead atoms. The highest BCUT2D eigenvalue weighted by Crippen LogP contribution is 2.37. The smallest absolute Gasteiger partial charge is 0.142 e. The maximum absolute atomic E-state index is 13.9. The summed E-state index contributed by atoms with van der Waals surface area (Å²) in [5.41, 5.74) is 7.11. The van der Waals surface area contributed by atoms with Gasteiger partial charge in [0.2, 0.25) is 0 Å². The van der Waals surface area contributed by atoms with E-state index in [2.05, 4.69) is 4.98 Å². The van der Waals surface area contributed by atoms with Crippen molar-refractivity contribution >= 4 is 28.4 Å². The number of aromatic nitrogens is 1. The molecule has 1 heterocycles. The largest absolute Gasteiger partial charge is 0.399 e. The number of hydrogen-bond acceptors (Lipinski definition) is 3. The molecule has 0 aliphatic carbocycles. The Morgan fingerprint density at radius 2 is 1.71 bits per heavy atom. The van der Waals surface area contributed by atoms with E-state index in [1.165, 1.54) is 0 Å². The van der Waals surface area contributed by atoms with Crippen molar-refractivity contribution in [3.63, 3.8) is 0 Å². The fourth-order valence-electron chi connectivity index (χ4n) is 2.14. The van der Waals surface area contributed by atoms with Crippen LogP contribution in [0.15, 0.2) is 52.3 Å². The highest BCUT2D eigenvalue weighted by atomic mass is 32.2. The van der Waals surface area contributed by atoms with E-state index in [1.54, 1.807) is 0 Å². The molecule has 106 valence electrons. The Hall–Kier alpha value is -2.14. The molecule has 0 saturated carbocycles. The lowest BCUT2D eigenvalue weighted by molar-refractivity contribution is 0.542. The van der Waals surface area contributed by atoms with E-state index in [0.29, 0.717) is 0 Å². The van der Waals surface area contributed by atoms with Crippen molar-refractivity contribution in [3.05, 3.63) is 59.8 Å². The molecule has 0 saturated heterocycles. The molecule has 3 aromatic rings. The van der Waals surface area contributed by atoms with Gasteiger partial charge < -0.3 is 5.73 Å². The van der Waals surface area contributed by atoms with Crippen molar-refractivity contribution in [2.75, 3.05) is 5.73 Å². The van der Waals surface area contributed by atoms with Crippen LogP contribution < -0.4 is 5.73 Å². The standard InChI is InChI=1S/C16H12F2N2S/c1-9-6-15(11-4-2-3-5-14(11)20-9)21-16-12(17)7-10(19)8-13(16)18/h2-8H,19H2,1H3. The highest BCUT2D eigenvalue weighted by Gasteiger charge is 2.14. The van der Waals surface area contributed by atoms with Gasteiger partial charge >= 0.3 is 0 Å². The van der Waals surface area contributed by atoms with Crippen LogP contribution in [0.5, 0.6) is 0 Å². The first kappa shape index (κ1) is 13.8. The molecular weight excluding hydrogens is 290 g/mol. The first-order chi connectivity index (χ1) is 10.0. The third-order valence-corrected chi connectivity index (χ3v) is 4.19. The number of halogens is 2. The lowest BCUT2D eigenvalue weighted by Gasteiger charge is -2.09.